The van der Waals surface area contributed by atoms with E-state index in [2.05, 4.69) is 6.07 Å². The molecule has 0 spiro atoms. The highest BCUT2D eigenvalue weighted by molar-refractivity contribution is 6.30. The highest BCUT2D eigenvalue weighted by atomic mass is 35.5. The molecule has 2 unspecified atom stereocenters. The highest BCUT2D eigenvalue weighted by Crippen LogP contribution is 2.58. The molecule has 0 bridgehead atoms. The first kappa shape index (κ1) is 30.5. The van der Waals surface area contributed by atoms with Gasteiger partial charge in [0.1, 0.15) is 29.4 Å². The van der Waals surface area contributed by atoms with E-state index in [1.54, 1.807) is 12.1 Å². The number of rotatable bonds is 8. The van der Waals surface area contributed by atoms with Crippen LogP contribution in [0.15, 0.2) is 127 Å². The maximum Gasteiger partial charge on any atom is 0.232 e. The maximum absolute atomic E-state index is 11.0. The number of nitrogens with zero attached hydrogens (tertiary/aromatic N) is 2. The van der Waals surface area contributed by atoms with Crippen LogP contribution >= 0.6 is 11.6 Å². The van der Waals surface area contributed by atoms with Crippen LogP contribution in [0.3, 0.4) is 0 Å². The zero-order valence-corrected chi connectivity index (χ0v) is 25.3. The van der Waals surface area contributed by atoms with Gasteiger partial charge in [-0.1, -0.05) is 78.3 Å². The van der Waals surface area contributed by atoms with Gasteiger partial charge in [0.2, 0.25) is 5.79 Å². The number of ether oxygens (including phenoxy) is 1. The number of aliphatic hydroxyl groups is 2. The van der Waals surface area contributed by atoms with Gasteiger partial charge in [-0.25, -0.2) is 4.48 Å². The second-order valence-corrected chi connectivity index (χ2v) is 11.9. The second-order valence-electron chi connectivity index (χ2n) is 11.5. The van der Waals surface area contributed by atoms with Gasteiger partial charge in [-0.05, 0) is 70.8 Å². The van der Waals surface area contributed by atoms with E-state index in [9.17, 15) is 15.5 Å². The Labute approximate surface area is 267 Å². The first-order chi connectivity index (χ1) is 21.8. The van der Waals surface area contributed by atoms with Crippen LogP contribution in [0.2, 0.25) is 5.02 Å². The molecule has 0 amide bonds. The molecule has 1 aliphatic heterocycles. The lowest BCUT2D eigenvalue weighted by molar-refractivity contribution is 0.195. The van der Waals surface area contributed by atoms with Crippen LogP contribution in [-0.2, 0) is 18.6 Å². The number of quaternary nitrogens is 1. The van der Waals surface area contributed by atoms with Crippen LogP contribution in [0.25, 0.3) is 0 Å². The van der Waals surface area contributed by atoms with Gasteiger partial charge in [-0.15, -0.1) is 0 Å². The molecule has 5 aromatic carbocycles. The van der Waals surface area contributed by atoms with Crippen molar-refractivity contribution < 1.29 is 14.9 Å². The topological polar surface area (TPSA) is 126 Å². The number of hydrogen-bond acceptors (Lipinski definition) is 6. The molecule has 1 fully saturated rings. The maximum atomic E-state index is 11.0. The van der Waals surface area contributed by atoms with Gasteiger partial charge in [-0.2, -0.15) is 5.26 Å². The van der Waals surface area contributed by atoms with E-state index in [-0.39, 0.29) is 24.2 Å². The SMILES string of the molecule is N#CC1C(c2ccc(Cl)cc2)(c2ccc(Oc3ccccc3)cc2)C[N+](c2cccc(CO)c2)(c2cccc(CO)c2)C1(N)N. The van der Waals surface area contributed by atoms with Gasteiger partial charge in [0.15, 0.2) is 5.92 Å². The summed E-state index contributed by atoms with van der Waals surface area (Å²) in [6.45, 7) is -0.110. The van der Waals surface area contributed by atoms with Crippen molar-refractivity contribution in [2.45, 2.75) is 24.4 Å². The van der Waals surface area contributed by atoms with E-state index < -0.39 is 17.1 Å². The van der Waals surface area contributed by atoms with Crippen molar-refractivity contribution in [3.8, 4) is 17.6 Å². The Kier molecular flexibility index (Phi) is 8.21. The number of aliphatic hydroxyl groups excluding tert-OH is 2. The number of nitriles is 1. The summed E-state index contributed by atoms with van der Waals surface area (Å²) in [7, 11) is 0. The molecule has 7 nitrogen and oxygen atoms in total. The highest BCUT2D eigenvalue weighted by Gasteiger charge is 2.71. The number of benzene rings is 5. The molecule has 5 aromatic rings. The molecule has 226 valence electrons. The summed E-state index contributed by atoms with van der Waals surface area (Å²) >= 11 is 6.37. The smallest absolute Gasteiger partial charge is 0.232 e. The minimum absolute atomic E-state index is 0.127. The summed E-state index contributed by atoms with van der Waals surface area (Å²) in [5.74, 6) is -1.29. The zero-order valence-electron chi connectivity index (χ0n) is 24.6. The van der Waals surface area contributed by atoms with Crippen molar-refractivity contribution in [3.05, 3.63) is 155 Å². The predicted molar refractivity (Wildman–Crippen MR) is 176 cm³/mol. The fourth-order valence-corrected chi connectivity index (χ4v) is 7.00. The van der Waals surface area contributed by atoms with Crippen molar-refractivity contribution in [1.29, 1.82) is 5.26 Å². The van der Waals surface area contributed by atoms with E-state index in [1.807, 2.05) is 115 Å². The van der Waals surface area contributed by atoms with E-state index in [0.29, 0.717) is 39.0 Å². The Balaban J connectivity index is 1.63. The van der Waals surface area contributed by atoms with Crippen LogP contribution in [0, 0.1) is 17.2 Å². The van der Waals surface area contributed by atoms with Gasteiger partial charge in [0, 0.05) is 17.2 Å². The van der Waals surface area contributed by atoms with Gasteiger partial charge in [0.05, 0.1) is 24.7 Å². The second kappa shape index (κ2) is 12.1. The number of para-hydroxylation sites is 1. The third kappa shape index (κ3) is 5.08. The molecule has 45 heavy (non-hydrogen) atoms. The summed E-state index contributed by atoms with van der Waals surface area (Å²) in [6, 6.07) is 42.2. The first-order valence-corrected chi connectivity index (χ1v) is 15.0. The van der Waals surface area contributed by atoms with Crippen LogP contribution < -0.4 is 20.7 Å². The number of nitrogens with two attached hydrogens (primary N) is 2. The predicted octanol–water partition coefficient (Wildman–Crippen LogP) is 6.47. The van der Waals surface area contributed by atoms with E-state index in [1.165, 1.54) is 0 Å². The van der Waals surface area contributed by atoms with Crippen molar-refractivity contribution >= 4 is 23.0 Å². The first-order valence-electron chi connectivity index (χ1n) is 14.6. The van der Waals surface area contributed by atoms with Crippen LogP contribution in [0.5, 0.6) is 11.5 Å². The summed E-state index contributed by atoms with van der Waals surface area (Å²) in [5.41, 5.74) is 18.0. The summed E-state index contributed by atoms with van der Waals surface area (Å²) in [5, 5.41) is 31.8. The molecular weight excluding hydrogens is 584 g/mol. The van der Waals surface area contributed by atoms with E-state index in [4.69, 9.17) is 27.8 Å². The Morgan fingerprint density at radius 1 is 0.733 bits per heavy atom. The molecule has 8 heteroatoms. The zero-order chi connectivity index (χ0) is 31.7. The average Bonchev–Trinajstić information content (AvgIpc) is 3.30. The summed E-state index contributed by atoms with van der Waals surface area (Å²) in [6.07, 6.45) is 0. The fourth-order valence-electron chi connectivity index (χ4n) is 6.87. The van der Waals surface area contributed by atoms with Crippen molar-refractivity contribution in [1.82, 2.24) is 4.48 Å². The minimum Gasteiger partial charge on any atom is -0.457 e. The molecule has 6 N–H and O–H groups in total. The molecule has 0 aliphatic carbocycles. The van der Waals surface area contributed by atoms with E-state index >= 15 is 0 Å². The monoisotopic (exact) mass is 617 g/mol. The lowest BCUT2D eigenvalue weighted by Gasteiger charge is -2.44. The van der Waals surface area contributed by atoms with Crippen LogP contribution in [0.4, 0.5) is 11.4 Å². The molecular formula is C37H34ClN4O3+. The van der Waals surface area contributed by atoms with Gasteiger partial charge < -0.3 is 14.9 Å². The van der Waals surface area contributed by atoms with Gasteiger partial charge >= 0.3 is 0 Å². The largest absolute Gasteiger partial charge is 0.457 e. The minimum atomic E-state index is -1.68. The normalized spacial score (nSPS) is 20.0. The Bertz CT molecular complexity index is 1790. The fraction of sp³-hybridized carbons (Fsp3) is 0.162. The molecule has 1 aliphatic rings. The van der Waals surface area contributed by atoms with E-state index in [0.717, 1.165) is 11.1 Å². The molecule has 1 heterocycles. The Morgan fingerprint density at radius 3 is 1.76 bits per heavy atom. The van der Waals surface area contributed by atoms with Crippen molar-refractivity contribution in [2.24, 2.45) is 17.4 Å². The van der Waals surface area contributed by atoms with Gasteiger partial charge in [0.25, 0.3) is 0 Å². The third-order valence-electron chi connectivity index (χ3n) is 9.01. The molecule has 0 aromatic heterocycles. The Hall–Kier alpha value is -4.52. The molecule has 6 rings (SSSR count). The molecule has 0 radical (unpaired) electrons. The molecule has 1 saturated heterocycles. The third-order valence-corrected chi connectivity index (χ3v) is 9.26. The van der Waals surface area contributed by atoms with Gasteiger partial charge in [-0.3, -0.25) is 11.5 Å². The standard InChI is InChI=1S/C37H34ClN4O3/c38-30-16-12-28(13-17-30)36(29-14-18-34(19-15-29)45-33-10-2-1-3-11-33)25-42(37(40,41)35(36)22-39,31-8-4-6-26(20-31)23-43)32-9-5-7-27(21-32)24-44/h1-21,35,43-44H,23-25,40-41H2/q+1. The number of halogens is 1. The average molecular weight is 618 g/mol. The lowest BCUT2D eigenvalue weighted by atomic mass is 9.66. The molecule has 0 saturated carbocycles. The Morgan fingerprint density at radius 2 is 1.24 bits per heavy atom. The van der Waals surface area contributed by atoms with Crippen LogP contribution in [0.1, 0.15) is 22.3 Å². The van der Waals surface area contributed by atoms with Crippen molar-refractivity contribution in [2.75, 3.05) is 6.54 Å². The summed E-state index contributed by atoms with van der Waals surface area (Å²) in [4.78, 5) is 0. The van der Waals surface area contributed by atoms with Crippen molar-refractivity contribution in [3.63, 3.8) is 0 Å². The number of hydrogen-bond donors (Lipinski definition) is 4. The quantitative estimate of drug-likeness (QED) is 0.117. The van der Waals surface area contributed by atoms with Crippen LogP contribution in [-0.4, -0.2) is 22.5 Å². The summed E-state index contributed by atoms with van der Waals surface area (Å²) < 4.78 is 5.96. The molecule has 2 atom stereocenters. The lowest BCUT2D eigenvalue weighted by Crippen LogP contribution is -2.72.